The largest absolute Gasteiger partial charge is 0.483 e. The first-order valence-electron chi connectivity index (χ1n) is 5.59. The molecule has 0 spiro atoms. The molecule has 1 atom stereocenters. The number of aryl methyl sites for hydroxylation is 1. The quantitative estimate of drug-likeness (QED) is 0.932. The summed E-state index contributed by atoms with van der Waals surface area (Å²) < 4.78 is 43.0. The third-order valence-electron chi connectivity index (χ3n) is 2.45. The highest BCUT2D eigenvalue weighted by molar-refractivity contribution is 5.30. The van der Waals surface area contributed by atoms with Crippen LogP contribution in [-0.2, 0) is 6.18 Å². The average molecular weight is 271 g/mol. The Morgan fingerprint density at radius 2 is 2.05 bits per heavy atom. The molecule has 1 N–H and O–H groups in total. The molecule has 4 nitrogen and oxygen atoms in total. The second kappa shape index (κ2) is 4.91. The Hall–Kier alpha value is -2.05. The van der Waals surface area contributed by atoms with Crippen LogP contribution in [0.5, 0.6) is 5.75 Å². The van der Waals surface area contributed by atoms with Gasteiger partial charge in [0.2, 0.25) is 0 Å². The number of aromatic amines is 1. The van der Waals surface area contributed by atoms with Crippen molar-refractivity contribution in [2.45, 2.75) is 26.1 Å². The van der Waals surface area contributed by atoms with E-state index in [-0.39, 0.29) is 5.75 Å². The van der Waals surface area contributed by atoms with E-state index in [4.69, 9.17) is 4.74 Å². The molecule has 1 aromatic heterocycles. The smallest absolute Gasteiger partial charge is 0.416 e. The first-order valence-corrected chi connectivity index (χ1v) is 5.59. The standard InChI is InChI=1S/C12H12F3N3O/c1-7(11-16-8(2)17-18-11)19-10-5-3-4-9(6-10)12(13,14)15/h3-7H,1-2H3,(H,16,17,18)/t7-/m0/s1. The molecule has 7 heteroatoms. The lowest BCUT2D eigenvalue weighted by Crippen LogP contribution is -2.08. The van der Waals surface area contributed by atoms with Crippen molar-refractivity contribution in [3.63, 3.8) is 0 Å². The minimum atomic E-state index is -4.39. The second-order valence-corrected chi connectivity index (χ2v) is 4.06. The van der Waals surface area contributed by atoms with E-state index >= 15 is 0 Å². The SMILES string of the molecule is Cc1nc([C@H](C)Oc2cccc(C(F)(F)F)c2)n[nH]1. The highest BCUT2D eigenvalue weighted by atomic mass is 19.4. The summed E-state index contributed by atoms with van der Waals surface area (Å²) in [5, 5.41) is 6.55. The molecule has 0 aliphatic carbocycles. The van der Waals surface area contributed by atoms with Crippen molar-refractivity contribution >= 4 is 0 Å². The number of nitrogens with zero attached hydrogens (tertiary/aromatic N) is 2. The summed E-state index contributed by atoms with van der Waals surface area (Å²) in [4.78, 5) is 4.06. The summed E-state index contributed by atoms with van der Waals surface area (Å²) in [6, 6.07) is 4.71. The summed E-state index contributed by atoms with van der Waals surface area (Å²) in [6.07, 6.45) is -4.92. The molecule has 0 unspecified atom stereocenters. The molecule has 19 heavy (non-hydrogen) atoms. The molecule has 0 radical (unpaired) electrons. The van der Waals surface area contributed by atoms with E-state index in [1.54, 1.807) is 13.8 Å². The van der Waals surface area contributed by atoms with Crippen LogP contribution in [0.25, 0.3) is 0 Å². The lowest BCUT2D eigenvalue weighted by atomic mass is 10.2. The summed E-state index contributed by atoms with van der Waals surface area (Å²) >= 11 is 0. The number of halogens is 3. The highest BCUT2D eigenvalue weighted by Gasteiger charge is 2.30. The summed E-state index contributed by atoms with van der Waals surface area (Å²) in [5.41, 5.74) is -0.747. The van der Waals surface area contributed by atoms with E-state index in [0.717, 1.165) is 12.1 Å². The maximum absolute atomic E-state index is 12.5. The molecule has 0 fully saturated rings. The Balaban J connectivity index is 2.15. The Morgan fingerprint density at radius 3 is 2.63 bits per heavy atom. The number of ether oxygens (including phenoxy) is 1. The van der Waals surface area contributed by atoms with E-state index in [9.17, 15) is 13.2 Å². The van der Waals surface area contributed by atoms with Gasteiger partial charge in [-0.3, -0.25) is 5.10 Å². The first-order chi connectivity index (χ1) is 8.86. The van der Waals surface area contributed by atoms with Crippen molar-refractivity contribution in [3.8, 4) is 5.75 Å². The third-order valence-corrected chi connectivity index (χ3v) is 2.45. The number of benzene rings is 1. The van der Waals surface area contributed by atoms with Crippen molar-refractivity contribution in [3.05, 3.63) is 41.5 Å². The summed E-state index contributed by atoms with van der Waals surface area (Å²) in [5.74, 6) is 1.15. The van der Waals surface area contributed by atoms with Crippen LogP contribution in [-0.4, -0.2) is 15.2 Å². The van der Waals surface area contributed by atoms with Crippen LogP contribution in [0, 0.1) is 6.92 Å². The van der Waals surface area contributed by atoms with E-state index in [0.29, 0.717) is 11.6 Å². The van der Waals surface area contributed by atoms with Crippen LogP contribution in [0.2, 0.25) is 0 Å². The molecule has 102 valence electrons. The van der Waals surface area contributed by atoms with Crippen LogP contribution < -0.4 is 4.74 Å². The van der Waals surface area contributed by atoms with Crippen molar-refractivity contribution in [1.82, 2.24) is 15.2 Å². The number of rotatable bonds is 3. The van der Waals surface area contributed by atoms with Gasteiger partial charge < -0.3 is 4.74 Å². The van der Waals surface area contributed by atoms with Crippen LogP contribution in [0.3, 0.4) is 0 Å². The lowest BCUT2D eigenvalue weighted by molar-refractivity contribution is -0.137. The molecule has 0 saturated carbocycles. The number of H-pyrrole nitrogens is 1. The zero-order valence-corrected chi connectivity index (χ0v) is 10.3. The predicted octanol–water partition coefficient (Wildman–Crippen LogP) is 3.27. The molecular formula is C12H12F3N3O. The topological polar surface area (TPSA) is 50.8 Å². The van der Waals surface area contributed by atoms with Crippen LogP contribution in [0.1, 0.15) is 30.2 Å². The maximum Gasteiger partial charge on any atom is 0.416 e. The van der Waals surface area contributed by atoms with Gasteiger partial charge in [-0.2, -0.15) is 18.3 Å². The zero-order chi connectivity index (χ0) is 14.0. The van der Waals surface area contributed by atoms with Gasteiger partial charge in [-0.25, -0.2) is 4.98 Å². The van der Waals surface area contributed by atoms with Gasteiger partial charge in [0.15, 0.2) is 11.9 Å². The number of hydrogen-bond acceptors (Lipinski definition) is 3. The van der Waals surface area contributed by atoms with E-state index in [1.165, 1.54) is 12.1 Å². The number of aromatic nitrogens is 3. The van der Waals surface area contributed by atoms with Gasteiger partial charge in [-0.15, -0.1) is 0 Å². The van der Waals surface area contributed by atoms with Gasteiger partial charge in [0.05, 0.1) is 5.56 Å². The summed E-state index contributed by atoms with van der Waals surface area (Å²) in [7, 11) is 0. The van der Waals surface area contributed by atoms with Crippen LogP contribution in [0.15, 0.2) is 24.3 Å². The fourth-order valence-electron chi connectivity index (χ4n) is 1.54. The van der Waals surface area contributed by atoms with E-state index < -0.39 is 17.8 Å². The molecular weight excluding hydrogens is 259 g/mol. The predicted molar refractivity (Wildman–Crippen MR) is 61.6 cm³/mol. The van der Waals surface area contributed by atoms with E-state index in [1.807, 2.05) is 0 Å². The second-order valence-electron chi connectivity index (χ2n) is 4.06. The van der Waals surface area contributed by atoms with Crippen molar-refractivity contribution in [2.75, 3.05) is 0 Å². The van der Waals surface area contributed by atoms with Gasteiger partial charge >= 0.3 is 6.18 Å². The minimum Gasteiger partial charge on any atom is -0.483 e. The molecule has 2 rings (SSSR count). The molecule has 0 saturated heterocycles. The van der Waals surface area contributed by atoms with Crippen LogP contribution in [0.4, 0.5) is 13.2 Å². The highest BCUT2D eigenvalue weighted by Crippen LogP contribution is 2.32. The van der Waals surface area contributed by atoms with Crippen molar-refractivity contribution < 1.29 is 17.9 Å². The monoisotopic (exact) mass is 271 g/mol. The van der Waals surface area contributed by atoms with Gasteiger partial charge in [0.1, 0.15) is 11.6 Å². The van der Waals surface area contributed by atoms with Crippen molar-refractivity contribution in [1.29, 1.82) is 0 Å². The van der Waals surface area contributed by atoms with Crippen molar-refractivity contribution in [2.24, 2.45) is 0 Å². The lowest BCUT2D eigenvalue weighted by Gasteiger charge is -2.13. The normalized spacial score (nSPS) is 13.3. The molecule has 2 aromatic rings. The van der Waals surface area contributed by atoms with Gasteiger partial charge in [-0.1, -0.05) is 6.07 Å². The van der Waals surface area contributed by atoms with Gasteiger partial charge in [0.25, 0.3) is 0 Å². The van der Waals surface area contributed by atoms with E-state index in [2.05, 4.69) is 15.2 Å². The number of alkyl halides is 3. The minimum absolute atomic E-state index is 0.129. The maximum atomic E-state index is 12.5. The number of hydrogen-bond donors (Lipinski definition) is 1. The van der Waals surface area contributed by atoms with Gasteiger partial charge in [-0.05, 0) is 32.0 Å². The summed E-state index contributed by atoms with van der Waals surface area (Å²) in [6.45, 7) is 3.40. The Labute approximate surface area is 107 Å². The average Bonchev–Trinajstić information content (AvgIpc) is 2.75. The first kappa shape index (κ1) is 13.4. The molecule has 1 aromatic carbocycles. The molecule has 1 heterocycles. The number of nitrogens with one attached hydrogen (secondary N) is 1. The molecule has 0 aliphatic rings. The molecule has 0 aliphatic heterocycles. The van der Waals surface area contributed by atoms with Gasteiger partial charge in [0, 0.05) is 0 Å². The fraction of sp³-hybridized carbons (Fsp3) is 0.333. The third kappa shape index (κ3) is 3.24. The molecule has 0 bridgehead atoms. The Bertz CT molecular complexity index is 565. The Kier molecular flexibility index (Phi) is 3.46. The molecule has 0 amide bonds. The zero-order valence-electron chi connectivity index (χ0n) is 10.3. The Morgan fingerprint density at radius 1 is 1.32 bits per heavy atom. The fourth-order valence-corrected chi connectivity index (χ4v) is 1.54. The van der Waals surface area contributed by atoms with Crippen LogP contribution >= 0.6 is 0 Å².